The fourth-order valence-electron chi connectivity index (χ4n) is 3.23. The Bertz CT molecular complexity index is 739. The first-order valence-electron chi connectivity index (χ1n) is 7.73. The molecule has 0 atom stereocenters. The minimum atomic E-state index is -0.261. The van der Waals surface area contributed by atoms with E-state index in [9.17, 15) is 9.59 Å². The van der Waals surface area contributed by atoms with Crippen molar-refractivity contribution in [1.29, 1.82) is 0 Å². The highest BCUT2D eigenvalue weighted by Crippen LogP contribution is 2.26. The molecule has 1 aromatic carbocycles. The minimum Gasteiger partial charge on any atom is -0.450 e. The minimum absolute atomic E-state index is 0.0705. The SMILES string of the molecule is CCOC(=O)N1CCC(n2c(=O)[nH]c3cccc(C)c32)CC1. The van der Waals surface area contributed by atoms with Gasteiger partial charge in [-0.1, -0.05) is 12.1 Å². The molecule has 1 aliphatic rings. The maximum absolute atomic E-state index is 12.3. The molecule has 2 heterocycles. The number of fused-ring (bicyclic) bond motifs is 1. The monoisotopic (exact) mass is 303 g/mol. The Morgan fingerprint density at radius 2 is 2.09 bits per heavy atom. The molecule has 22 heavy (non-hydrogen) atoms. The number of piperidine rings is 1. The lowest BCUT2D eigenvalue weighted by molar-refractivity contribution is 0.0927. The zero-order chi connectivity index (χ0) is 15.7. The van der Waals surface area contributed by atoms with E-state index in [4.69, 9.17) is 4.74 Å². The molecule has 3 rings (SSSR count). The van der Waals surface area contributed by atoms with Crippen molar-refractivity contribution in [2.45, 2.75) is 32.7 Å². The molecule has 1 aliphatic heterocycles. The maximum Gasteiger partial charge on any atom is 0.409 e. The van der Waals surface area contributed by atoms with E-state index in [2.05, 4.69) is 4.98 Å². The smallest absolute Gasteiger partial charge is 0.409 e. The Morgan fingerprint density at radius 1 is 1.36 bits per heavy atom. The first-order valence-corrected chi connectivity index (χ1v) is 7.73. The Morgan fingerprint density at radius 3 is 2.77 bits per heavy atom. The van der Waals surface area contributed by atoms with Crippen LogP contribution in [-0.2, 0) is 4.74 Å². The number of nitrogens with one attached hydrogen (secondary N) is 1. The summed E-state index contributed by atoms with van der Waals surface area (Å²) in [6.45, 7) is 5.45. The van der Waals surface area contributed by atoms with Gasteiger partial charge in [0.2, 0.25) is 0 Å². The molecule has 0 aliphatic carbocycles. The number of imidazole rings is 1. The normalized spacial score (nSPS) is 16.2. The number of aryl methyl sites for hydroxylation is 1. The molecule has 0 radical (unpaired) electrons. The van der Waals surface area contributed by atoms with Crippen molar-refractivity contribution < 1.29 is 9.53 Å². The molecule has 1 fully saturated rings. The van der Waals surface area contributed by atoms with E-state index in [0.717, 1.165) is 29.4 Å². The standard InChI is InChI=1S/C16H21N3O3/c1-3-22-16(21)18-9-7-12(8-10-18)19-14-11(2)5-4-6-13(14)17-15(19)20/h4-6,12H,3,7-10H2,1-2H3,(H,17,20). The molecule has 1 aromatic heterocycles. The number of hydrogen-bond acceptors (Lipinski definition) is 3. The number of nitrogens with zero attached hydrogens (tertiary/aromatic N) is 2. The molecule has 6 heteroatoms. The van der Waals surface area contributed by atoms with Gasteiger partial charge in [-0.2, -0.15) is 0 Å². The third-order valence-electron chi connectivity index (χ3n) is 4.29. The number of benzene rings is 1. The topological polar surface area (TPSA) is 67.3 Å². The lowest BCUT2D eigenvalue weighted by Gasteiger charge is -2.31. The molecular weight excluding hydrogens is 282 g/mol. The van der Waals surface area contributed by atoms with Crippen LogP contribution in [0.15, 0.2) is 23.0 Å². The fraction of sp³-hybridized carbons (Fsp3) is 0.500. The number of carbonyl (C=O) groups is 1. The third-order valence-corrected chi connectivity index (χ3v) is 4.29. The van der Waals surface area contributed by atoms with Crippen LogP contribution in [0.5, 0.6) is 0 Å². The lowest BCUT2D eigenvalue weighted by Crippen LogP contribution is -2.40. The third kappa shape index (κ3) is 2.49. The van der Waals surface area contributed by atoms with Crippen molar-refractivity contribution in [3.05, 3.63) is 34.2 Å². The fourth-order valence-corrected chi connectivity index (χ4v) is 3.23. The van der Waals surface area contributed by atoms with E-state index in [1.807, 2.05) is 29.7 Å². The van der Waals surface area contributed by atoms with Crippen LogP contribution in [0.25, 0.3) is 11.0 Å². The number of hydrogen-bond donors (Lipinski definition) is 1. The van der Waals surface area contributed by atoms with Gasteiger partial charge >= 0.3 is 11.8 Å². The molecule has 118 valence electrons. The lowest BCUT2D eigenvalue weighted by atomic mass is 10.0. The van der Waals surface area contributed by atoms with E-state index >= 15 is 0 Å². The van der Waals surface area contributed by atoms with Gasteiger partial charge in [0.05, 0.1) is 17.6 Å². The Balaban J connectivity index is 1.84. The van der Waals surface area contributed by atoms with Crippen LogP contribution in [0, 0.1) is 6.92 Å². The number of aromatic amines is 1. The summed E-state index contributed by atoms with van der Waals surface area (Å²) >= 11 is 0. The first-order chi connectivity index (χ1) is 10.6. The van der Waals surface area contributed by atoms with Gasteiger partial charge in [0.15, 0.2) is 0 Å². The molecule has 1 saturated heterocycles. The molecule has 0 spiro atoms. The molecular formula is C16H21N3O3. The van der Waals surface area contributed by atoms with Gasteiger partial charge in [0, 0.05) is 19.1 Å². The van der Waals surface area contributed by atoms with Gasteiger partial charge in [-0.15, -0.1) is 0 Å². The number of carbonyl (C=O) groups excluding carboxylic acids is 1. The van der Waals surface area contributed by atoms with Gasteiger partial charge in [0.1, 0.15) is 0 Å². The number of amides is 1. The highest BCUT2D eigenvalue weighted by molar-refractivity contribution is 5.78. The number of para-hydroxylation sites is 1. The van der Waals surface area contributed by atoms with Crippen LogP contribution in [0.4, 0.5) is 4.79 Å². The maximum atomic E-state index is 12.3. The summed E-state index contributed by atoms with van der Waals surface area (Å²) in [5.41, 5.74) is 2.86. The number of ether oxygens (including phenoxy) is 1. The van der Waals surface area contributed by atoms with E-state index in [0.29, 0.717) is 19.7 Å². The molecule has 1 amide bonds. The van der Waals surface area contributed by atoms with Gasteiger partial charge in [-0.3, -0.25) is 4.57 Å². The molecule has 6 nitrogen and oxygen atoms in total. The summed E-state index contributed by atoms with van der Waals surface area (Å²) in [7, 11) is 0. The van der Waals surface area contributed by atoms with E-state index in [1.165, 1.54) is 0 Å². The van der Waals surface area contributed by atoms with E-state index in [1.54, 1.807) is 11.8 Å². The van der Waals surface area contributed by atoms with Crippen LogP contribution in [0.2, 0.25) is 0 Å². The number of rotatable bonds is 2. The number of aromatic nitrogens is 2. The zero-order valence-corrected chi connectivity index (χ0v) is 13.0. The Kier molecular flexibility index (Phi) is 3.92. The quantitative estimate of drug-likeness (QED) is 0.926. The van der Waals surface area contributed by atoms with Gasteiger partial charge in [-0.25, -0.2) is 9.59 Å². The zero-order valence-electron chi connectivity index (χ0n) is 13.0. The predicted octanol–water partition coefficient (Wildman–Crippen LogP) is 2.43. The van der Waals surface area contributed by atoms with Crippen molar-refractivity contribution in [1.82, 2.24) is 14.5 Å². The van der Waals surface area contributed by atoms with Crippen molar-refractivity contribution in [3.8, 4) is 0 Å². The number of likely N-dealkylation sites (tertiary alicyclic amines) is 1. The van der Waals surface area contributed by atoms with E-state index < -0.39 is 0 Å². The highest BCUT2D eigenvalue weighted by atomic mass is 16.6. The molecule has 1 N–H and O–H groups in total. The molecule has 0 bridgehead atoms. The second-order valence-corrected chi connectivity index (χ2v) is 5.69. The van der Waals surface area contributed by atoms with Crippen molar-refractivity contribution in [3.63, 3.8) is 0 Å². The predicted molar refractivity (Wildman–Crippen MR) is 84.2 cm³/mol. The Labute approximate surface area is 128 Å². The van der Waals surface area contributed by atoms with Crippen LogP contribution < -0.4 is 5.69 Å². The van der Waals surface area contributed by atoms with Gasteiger partial charge in [-0.05, 0) is 38.3 Å². The largest absolute Gasteiger partial charge is 0.450 e. The molecule has 2 aromatic rings. The van der Waals surface area contributed by atoms with E-state index in [-0.39, 0.29) is 17.8 Å². The molecule has 0 unspecified atom stereocenters. The first kappa shape index (κ1) is 14.7. The van der Waals surface area contributed by atoms with Crippen molar-refractivity contribution >= 4 is 17.1 Å². The summed E-state index contributed by atoms with van der Waals surface area (Å²) in [6, 6.07) is 6.00. The second-order valence-electron chi connectivity index (χ2n) is 5.69. The van der Waals surface area contributed by atoms with Gasteiger partial charge < -0.3 is 14.6 Å². The van der Waals surface area contributed by atoms with Crippen LogP contribution in [-0.4, -0.2) is 40.2 Å². The highest BCUT2D eigenvalue weighted by Gasteiger charge is 2.26. The van der Waals surface area contributed by atoms with Crippen LogP contribution in [0.1, 0.15) is 31.4 Å². The summed E-state index contributed by atoms with van der Waals surface area (Å²) in [6.07, 6.45) is 1.27. The summed E-state index contributed by atoms with van der Waals surface area (Å²) in [5.74, 6) is 0. The average molecular weight is 303 g/mol. The Hall–Kier alpha value is -2.24. The summed E-state index contributed by atoms with van der Waals surface area (Å²) in [4.78, 5) is 28.7. The summed E-state index contributed by atoms with van der Waals surface area (Å²) in [5, 5.41) is 0. The summed E-state index contributed by atoms with van der Waals surface area (Å²) < 4.78 is 6.89. The molecule has 0 saturated carbocycles. The van der Waals surface area contributed by atoms with Crippen molar-refractivity contribution in [2.24, 2.45) is 0 Å². The van der Waals surface area contributed by atoms with Crippen LogP contribution in [0.3, 0.4) is 0 Å². The van der Waals surface area contributed by atoms with Gasteiger partial charge in [0.25, 0.3) is 0 Å². The van der Waals surface area contributed by atoms with Crippen LogP contribution >= 0.6 is 0 Å². The average Bonchev–Trinajstić information content (AvgIpc) is 2.85. The second kappa shape index (κ2) is 5.87. The van der Waals surface area contributed by atoms with Crippen molar-refractivity contribution in [2.75, 3.05) is 19.7 Å². The number of H-pyrrole nitrogens is 1.